The molecule has 1 aliphatic carbocycles. The molecule has 4 N–H and O–H groups in total. The number of hydrogen-bond donors (Lipinski definition) is 3. The van der Waals surface area contributed by atoms with Crippen molar-refractivity contribution in [2.75, 3.05) is 0 Å². The van der Waals surface area contributed by atoms with E-state index in [0.717, 1.165) is 0 Å². The number of amides is 2. The molecule has 2 amide bonds. The predicted molar refractivity (Wildman–Crippen MR) is 62.9 cm³/mol. The van der Waals surface area contributed by atoms with Gasteiger partial charge in [-0.2, -0.15) is 0 Å². The molecule has 2 rings (SSSR count). The van der Waals surface area contributed by atoms with Gasteiger partial charge in [0.2, 0.25) is 11.6 Å². The zero-order valence-corrected chi connectivity index (χ0v) is 9.27. The number of hydrogen-bond acceptors (Lipinski definition) is 4. The van der Waals surface area contributed by atoms with Crippen LogP contribution in [-0.2, 0) is 0 Å². The van der Waals surface area contributed by atoms with Crippen molar-refractivity contribution >= 4 is 23.7 Å². The molecular formula is C12H10N2O4. The van der Waals surface area contributed by atoms with Crippen LogP contribution in [0.2, 0.25) is 0 Å². The Labute approximate surface area is 102 Å². The summed E-state index contributed by atoms with van der Waals surface area (Å²) in [5.41, 5.74) is 2.72. The maximum absolute atomic E-state index is 12.1. The van der Waals surface area contributed by atoms with Crippen LogP contribution >= 0.6 is 0 Å². The van der Waals surface area contributed by atoms with E-state index < -0.39 is 23.3 Å². The van der Waals surface area contributed by atoms with Gasteiger partial charge < -0.3 is 10.8 Å². The van der Waals surface area contributed by atoms with E-state index in [9.17, 15) is 19.5 Å². The number of aliphatic hydroxyl groups is 1. The number of urea groups is 1. The van der Waals surface area contributed by atoms with Crippen LogP contribution < -0.4 is 11.1 Å². The average molecular weight is 246 g/mol. The molecule has 1 unspecified atom stereocenters. The molecule has 1 aliphatic rings. The lowest BCUT2D eigenvalue weighted by molar-refractivity contribution is 0.0248. The molecule has 18 heavy (non-hydrogen) atoms. The van der Waals surface area contributed by atoms with E-state index in [1.807, 2.05) is 0 Å². The summed E-state index contributed by atoms with van der Waals surface area (Å²) < 4.78 is 0. The summed E-state index contributed by atoms with van der Waals surface area (Å²) in [5, 5.41) is 11.8. The Morgan fingerprint density at radius 2 is 2.06 bits per heavy atom. The molecule has 0 heterocycles. The highest BCUT2D eigenvalue weighted by molar-refractivity contribution is 6.33. The second-order valence-corrected chi connectivity index (χ2v) is 3.83. The lowest BCUT2D eigenvalue weighted by Gasteiger charge is -2.18. The van der Waals surface area contributed by atoms with Crippen LogP contribution in [0.5, 0.6) is 0 Å². The molecule has 0 fully saturated rings. The van der Waals surface area contributed by atoms with Crippen molar-refractivity contribution in [2.45, 2.75) is 5.72 Å². The molecule has 1 aromatic rings. The van der Waals surface area contributed by atoms with Gasteiger partial charge in [0.1, 0.15) is 0 Å². The molecule has 0 radical (unpaired) electrons. The van der Waals surface area contributed by atoms with Crippen molar-refractivity contribution in [3.8, 4) is 0 Å². The fourth-order valence-corrected chi connectivity index (χ4v) is 1.95. The minimum atomic E-state index is -2.62. The standard InChI is InChI=1S/C12H10N2O4/c1-2-6-4-3-5-7-8(6)10(16)12(18,9(7)15)14-11(13)17/h2-5,18H,1H2,(H3,13,14,17). The number of rotatable bonds is 2. The van der Waals surface area contributed by atoms with Crippen molar-refractivity contribution in [3.05, 3.63) is 41.5 Å². The van der Waals surface area contributed by atoms with Crippen LogP contribution in [0.1, 0.15) is 26.3 Å². The third-order valence-corrected chi connectivity index (χ3v) is 2.75. The predicted octanol–water partition coefficient (Wildman–Crippen LogP) is 0.0655. The second kappa shape index (κ2) is 3.78. The summed E-state index contributed by atoms with van der Waals surface area (Å²) in [5.74, 6) is -1.80. The van der Waals surface area contributed by atoms with Crippen LogP contribution in [0.25, 0.3) is 6.08 Å². The van der Waals surface area contributed by atoms with Gasteiger partial charge in [0, 0.05) is 11.1 Å². The number of ketones is 2. The van der Waals surface area contributed by atoms with E-state index in [2.05, 4.69) is 6.58 Å². The second-order valence-electron chi connectivity index (χ2n) is 3.83. The van der Waals surface area contributed by atoms with E-state index in [-0.39, 0.29) is 11.1 Å². The average Bonchev–Trinajstić information content (AvgIpc) is 2.51. The zero-order chi connectivity index (χ0) is 13.5. The van der Waals surface area contributed by atoms with Gasteiger partial charge in [-0.05, 0) is 5.56 Å². The first-order chi connectivity index (χ1) is 8.41. The Balaban J connectivity index is 2.63. The molecule has 0 aliphatic heterocycles. The van der Waals surface area contributed by atoms with Crippen molar-refractivity contribution in [1.82, 2.24) is 5.32 Å². The van der Waals surface area contributed by atoms with E-state index in [1.165, 1.54) is 12.1 Å². The van der Waals surface area contributed by atoms with Crippen LogP contribution in [0, 0.1) is 0 Å². The number of Topliss-reactive ketones (excluding diaryl/α,β-unsaturated/α-hetero) is 2. The Morgan fingerprint density at radius 1 is 1.39 bits per heavy atom. The largest absolute Gasteiger partial charge is 0.358 e. The van der Waals surface area contributed by atoms with Crippen LogP contribution in [-0.4, -0.2) is 28.4 Å². The highest BCUT2D eigenvalue weighted by Gasteiger charge is 2.53. The van der Waals surface area contributed by atoms with Gasteiger partial charge in [-0.3, -0.25) is 14.9 Å². The van der Waals surface area contributed by atoms with Gasteiger partial charge in [0.05, 0.1) is 0 Å². The third-order valence-electron chi connectivity index (χ3n) is 2.75. The first kappa shape index (κ1) is 12.0. The SMILES string of the molecule is C=Cc1cccc2c1C(=O)C(O)(NC(N)=O)C2=O. The number of carbonyl (C=O) groups is 3. The van der Waals surface area contributed by atoms with Crippen LogP contribution in [0.4, 0.5) is 4.79 Å². The molecule has 0 saturated heterocycles. The Morgan fingerprint density at radius 3 is 2.61 bits per heavy atom. The molecule has 0 saturated carbocycles. The molecule has 1 atom stereocenters. The molecule has 0 spiro atoms. The van der Waals surface area contributed by atoms with Crippen molar-refractivity contribution in [2.24, 2.45) is 5.73 Å². The molecule has 0 bridgehead atoms. The van der Waals surface area contributed by atoms with E-state index in [1.54, 1.807) is 17.4 Å². The number of primary amides is 1. The Hall–Kier alpha value is -2.47. The van der Waals surface area contributed by atoms with E-state index >= 15 is 0 Å². The summed E-state index contributed by atoms with van der Waals surface area (Å²) in [4.78, 5) is 34.8. The molecule has 6 nitrogen and oxygen atoms in total. The number of fused-ring (bicyclic) bond motifs is 1. The first-order valence-electron chi connectivity index (χ1n) is 5.07. The normalized spacial score (nSPS) is 21.6. The topological polar surface area (TPSA) is 109 Å². The molecular weight excluding hydrogens is 236 g/mol. The molecule has 0 aromatic heterocycles. The fourth-order valence-electron chi connectivity index (χ4n) is 1.95. The van der Waals surface area contributed by atoms with Crippen LogP contribution in [0.3, 0.4) is 0 Å². The first-order valence-corrected chi connectivity index (χ1v) is 5.07. The van der Waals surface area contributed by atoms with Gasteiger partial charge in [-0.15, -0.1) is 0 Å². The molecule has 6 heteroatoms. The maximum Gasteiger partial charge on any atom is 0.315 e. The van der Waals surface area contributed by atoms with Gasteiger partial charge >= 0.3 is 6.03 Å². The minimum Gasteiger partial charge on any atom is -0.358 e. The van der Waals surface area contributed by atoms with Gasteiger partial charge in [0.15, 0.2) is 0 Å². The zero-order valence-electron chi connectivity index (χ0n) is 9.27. The van der Waals surface area contributed by atoms with E-state index in [4.69, 9.17) is 5.73 Å². The summed E-state index contributed by atoms with van der Waals surface area (Å²) in [6, 6.07) is 3.36. The van der Waals surface area contributed by atoms with Gasteiger partial charge in [-0.25, -0.2) is 4.79 Å². The lowest BCUT2D eigenvalue weighted by Crippen LogP contribution is -2.58. The number of benzene rings is 1. The smallest absolute Gasteiger partial charge is 0.315 e. The summed E-state index contributed by atoms with van der Waals surface area (Å²) >= 11 is 0. The molecule has 1 aromatic carbocycles. The number of nitrogens with one attached hydrogen (secondary N) is 1. The van der Waals surface area contributed by atoms with Gasteiger partial charge in [0.25, 0.3) is 5.72 Å². The maximum atomic E-state index is 12.1. The number of carbonyl (C=O) groups excluding carboxylic acids is 3. The summed E-state index contributed by atoms with van der Waals surface area (Å²) in [6.07, 6.45) is 1.39. The quantitative estimate of drug-likeness (QED) is 0.506. The summed E-state index contributed by atoms with van der Waals surface area (Å²) in [7, 11) is 0. The van der Waals surface area contributed by atoms with Crippen molar-refractivity contribution < 1.29 is 19.5 Å². The van der Waals surface area contributed by atoms with Crippen molar-refractivity contribution in [3.63, 3.8) is 0 Å². The van der Waals surface area contributed by atoms with Gasteiger partial charge in [-0.1, -0.05) is 30.9 Å². The van der Waals surface area contributed by atoms with Crippen molar-refractivity contribution in [1.29, 1.82) is 0 Å². The Kier molecular flexibility index (Phi) is 2.52. The summed E-state index contributed by atoms with van der Waals surface area (Å²) in [6.45, 7) is 3.52. The third kappa shape index (κ3) is 1.43. The lowest BCUT2D eigenvalue weighted by atomic mass is 10.0. The fraction of sp³-hybridized carbons (Fsp3) is 0.0833. The minimum absolute atomic E-state index is 0.0358. The Bertz CT molecular complexity index is 594. The molecule has 92 valence electrons. The van der Waals surface area contributed by atoms with Crippen LogP contribution in [0.15, 0.2) is 24.8 Å². The van der Waals surface area contributed by atoms with E-state index in [0.29, 0.717) is 5.56 Å². The highest BCUT2D eigenvalue weighted by Crippen LogP contribution is 2.31. The number of nitrogens with two attached hydrogens (primary N) is 1. The monoisotopic (exact) mass is 246 g/mol. The highest BCUT2D eigenvalue weighted by atomic mass is 16.3.